The molecule has 1 unspecified atom stereocenters. The van der Waals surface area contributed by atoms with Crippen LogP contribution in [0.4, 0.5) is 0 Å². The largest absolute Gasteiger partial charge is 0.475 e. The van der Waals surface area contributed by atoms with Crippen molar-refractivity contribution in [2.75, 3.05) is 0 Å². The first-order valence-corrected chi connectivity index (χ1v) is 2.98. The fourth-order valence-electron chi connectivity index (χ4n) is 0.580. The maximum atomic E-state index is 10.2. The van der Waals surface area contributed by atoms with Gasteiger partial charge in [-0.15, -0.1) is 0 Å². The van der Waals surface area contributed by atoms with E-state index in [-0.39, 0.29) is 11.7 Å². The van der Waals surface area contributed by atoms with Crippen LogP contribution in [0.1, 0.15) is 29.5 Å². The molecule has 0 aliphatic carbocycles. The van der Waals surface area contributed by atoms with E-state index < -0.39 is 12.1 Å². The number of carboxylic acids is 1. The van der Waals surface area contributed by atoms with Crippen molar-refractivity contribution in [3.63, 3.8) is 0 Å². The second-order valence-corrected chi connectivity index (χ2v) is 2.04. The van der Waals surface area contributed by atoms with Crippen LogP contribution in [0.3, 0.4) is 0 Å². The molecule has 0 saturated carbocycles. The maximum absolute atomic E-state index is 10.2. The molecule has 0 amide bonds. The van der Waals surface area contributed by atoms with Gasteiger partial charge in [-0.2, -0.15) is 0 Å². The van der Waals surface area contributed by atoms with Crippen molar-refractivity contribution in [2.24, 2.45) is 0 Å². The average Bonchev–Trinajstić information content (AvgIpc) is 2.33. The summed E-state index contributed by atoms with van der Waals surface area (Å²) in [7, 11) is 0. The molecule has 11 heavy (non-hydrogen) atoms. The summed E-state index contributed by atoms with van der Waals surface area (Å²) >= 11 is 0. The zero-order valence-electron chi connectivity index (χ0n) is 5.81. The van der Waals surface area contributed by atoms with Gasteiger partial charge in [-0.3, -0.25) is 0 Å². The van der Waals surface area contributed by atoms with Crippen LogP contribution in [0.5, 0.6) is 0 Å². The van der Waals surface area contributed by atoms with Crippen LogP contribution in [0.2, 0.25) is 0 Å². The first-order chi connectivity index (χ1) is 5.11. The van der Waals surface area contributed by atoms with Crippen molar-refractivity contribution in [1.29, 1.82) is 0 Å². The molecule has 0 bridgehead atoms. The van der Waals surface area contributed by atoms with Gasteiger partial charge >= 0.3 is 5.97 Å². The molecule has 1 atom stereocenters. The summed E-state index contributed by atoms with van der Waals surface area (Å²) in [6.45, 7) is 1.44. The zero-order valence-corrected chi connectivity index (χ0v) is 5.81. The summed E-state index contributed by atoms with van der Waals surface area (Å²) in [5.41, 5.74) is 0. The Balaban J connectivity index is 2.90. The molecule has 1 rings (SSSR count). The first kappa shape index (κ1) is 7.74. The number of aromatic carboxylic acids is 1. The van der Waals surface area contributed by atoms with E-state index >= 15 is 0 Å². The number of aromatic nitrogens is 1. The first-order valence-electron chi connectivity index (χ1n) is 2.98. The molecule has 1 aromatic rings. The Hall–Kier alpha value is -1.36. The third-order valence-corrected chi connectivity index (χ3v) is 1.09. The van der Waals surface area contributed by atoms with Gasteiger partial charge in [0.05, 0.1) is 6.20 Å². The monoisotopic (exact) mass is 157 g/mol. The molecule has 0 spiro atoms. The lowest BCUT2D eigenvalue weighted by molar-refractivity contribution is 0.0653. The van der Waals surface area contributed by atoms with Gasteiger partial charge in [0.15, 0.2) is 0 Å². The van der Waals surface area contributed by atoms with Crippen molar-refractivity contribution in [3.8, 4) is 0 Å². The fraction of sp³-hybridized carbons (Fsp3) is 0.333. The van der Waals surface area contributed by atoms with Crippen LogP contribution in [-0.4, -0.2) is 21.2 Å². The number of nitrogens with zero attached hydrogens (tertiary/aromatic N) is 1. The summed E-state index contributed by atoms with van der Waals surface area (Å²) in [6, 6.07) is 0. The lowest BCUT2D eigenvalue weighted by atomic mass is 10.4. The molecule has 60 valence electrons. The third-order valence-electron chi connectivity index (χ3n) is 1.09. The third kappa shape index (κ3) is 1.56. The van der Waals surface area contributed by atoms with Gasteiger partial charge in [-0.25, -0.2) is 9.78 Å². The van der Waals surface area contributed by atoms with Crippen LogP contribution < -0.4 is 0 Å². The average molecular weight is 157 g/mol. The molecule has 2 N–H and O–H groups in total. The van der Waals surface area contributed by atoms with E-state index in [1.807, 2.05) is 0 Å². The quantitative estimate of drug-likeness (QED) is 0.650. The number of aliphatic hydroxyl groups excluding tert-OH is 1. The van der Waals surface area contributed by atoms with E-state index in [9.17, 15) is 4.79 Å². The summed E-state index contributed by atoms with van der Waals surface area (Å²) in [5.74, 6) is -1.44. The van der Waals surface area contributed by atoms with E-state index in [4.69, 9.17) is 10.2 Å². The summed E-state index contributed by atoms with van der Waals surface area (Å²) in [4.78, 5) is 13.8. The van der Waals surface area contributed by atoms with E-state index in [0.29, 0.717) is 0 Å². The second-order valence-electron chi connectivity index (χ2n) is 2.04. The van der Waals surface area contributed by atoms with Crippen molar-refractivity contribution in [3.05, 3.63) is 17.8 Å². The fourth-order valence-corrected chi connectivity index (χ4v) is 0.580. The molecule has 5 heteroatoms. The van der Waals surface area contributed by atoms with Crippen LogP contribution in [-0.2, 0) is 0 Å². The molecule has 1 heterocycles. The van der Waals surface area contributed by atoms with Gasteiger partial charge in [0.1, 0.15) is 6.10 Å². The van der Waals surface area contributed by atoms with Crippen molar-refractivity contribution in [2.45, 2.75) is 13.0 Å². The van der Waals surface area contributed by atoms with Crippen LogP contribution in [0.25, 0.3) is 0 Å². The lowest BCUT2D eigenvalue weighted by Crippen LogP contribution is -1.93. The normalized spacial score (nSPS) is 12.9. The number of oxazole rings is 1. The molecule has 5 nitrogen and oxygen atoms in total. The smallest absolute Gasteiger partial charge is 0.373 e. The van der Waals surface area contributed by atoms with E-state index in [0.717, 1.165) is 6.20 Å². The van der Waals surface area contributed by atoms with Crippen LogP contribution in [0.15, 0.2) is 10.6 Å². The number of aliphatic hydroxyl groups is 1. The highest BCUT2D eigenvalue weighted by atomic mass is 16.4. The molecule has 1 aromatic heterocycles. The van der Waals surface area contributed by atoms with Crippen LogP contribution >= 0.6 is 0 Å². The Labute approximate surface area is 62.3 Å². The van der Waals surface area contributed by atoms with Crippen molar-refractivity contribution >= 4 is 5.97 Å². The molecule has 0 fully saturated rings. The highest BCUT2D eigenvalue weighted by Gasteiger charge is 2.12. The number of rotatable bonds is 2. The molecule has 0 aliphatic heterocycles. The standard InChI is InChI=1S/C6H7NO4/c1-3(8)5-7-2-4(11-5)6(9)10/h2-3,8H,1H3,(H,9,10). The lowest BCUT2D eigenvalue weighted by Gasteiger charge is -1.93. The van der Waals surface area contributed by atoms with Crippen molar-refractivity contribution in [1.82, 2.24) is 4.98 Å². The summed E-state index contributed by atoms with van der Waals surface area (Å²) in [5, 5.41) is 17.2. The van der Waals surface area contributed by atoms with E-state index in [1.165, 1.54) is 6.92 Å². The van der Waals surface area contributed by atoms with Gasteiger partial charge in [-0.1, -0.05) is 0 Å². The van der Waals surface area contributed by atoms with E-state index in [1.54, 1.807) is 0 Å². The molecule has 0 saturated heterocycles. The number of hydrogen-bond acceptors (Lipinski definition) is 4. The number of carbonyl (C=O) groups is 1. The Morgan fingerprint density at radius 3 is 2.73 bits per heavy atom. The number of hydrogen-bond donors (Lipinski definition) is 2. The van der Waals surface area contributed by atoms with E-state index in [2.05, 4.69) is 9.40 Å². The summed E-state index contributed by atoms with van der Waals surface area (Å²) in [6.07, 6.45) is 0.188. The molecule has 0 radical (unpaired) electrons. The zero-order chi connectivity index (χ0) is 8.43. The van der Waals surface area contributed by atoms with Gasteiger partial charge < -0.3 is 14.6 Å². The highest BCUT2D eigenvalue weighted by molar-refractivity contribution is 5.83. The molecular weight excluding hydrogens is 150 g/mol. The minimum atomic E-state index is -1.19. The molecule has 0 aliphatic rings. The minimum absolute atomic E-state index is 0.0161. The maximum Gasteiger partial charge on any atom is 0.373 e. The molecule has 0 aromatic carbocycles. The molecular formula is C6H7NO4. The Morgan fingerprint density at radius 1 is 1.82 bits per heavy atom. The predicted molar refractivity (Wildman–Crippen MR) is 34.1 cm³/mol. The van der Waals surface area contributed by atoms with Gasteiger partial charge in [0, 0.05) is 0 Å². The van der Waals surface area contributed by atoms with Gasteiger partial charge in [-0.05, 0) is 6.92 Å². The highest BCUT2D eigenvalue weighted by Crippen LogP contribution is 2.11. The minimum Gasteiger partial charge on any atom is -0.475 e. The topological polar surface area (TPSA) is 83.6 Å². The second kappa shape index (κ2) is 2.71. The van der Waals surface area contributed by atoms with Crippen LogP contribution in [0, 0.1) is 0 Å². The van der Waals surface area contributed by atoms with Gasteiger partial charge in [0.2, 0.25) is 11.7 Å². The Bertz CT molecular complexity index is 265. The SMILES string of the molecule is CC(O)c1ncc(C(=O)O)o1. The van der Waals surface area contributed by atoms with Crippen molar-refractivity contribution < 1.29 is 19.4 Å². The predicted octanol–water partition coefficient (Wildman–Crippen LogP) is 0.426. The number of carboxylic acid groups (broad SMARTS) is 1. The Kier molecular flexibility index (Phi) is 1.91. The van der Waals surface area contributed by atoms with Gasteiger partial charge in [0.25, 0.3) is 0 Å². The Morgan fingerprint density at radius 2 is 2.45 bits per heavy atom. The summed E-state index contributed by atoms with van der Waals surface area (Å²) < 4.78 is 4.65.